The Morgan fingerprint density at radius 2 is 1.53 bits per heavy atom. The van der Waals surface area contributed by atoms with Gasteiger partial charge in [-0.3, -0.25) is 4.98 Å². The number of nitrogens with zero attached hydrogens (tertiary/aromatic N) is 2. The summed E-state index contributed by atoms with van der Waals surface area (Å²) in [6.45, 7) is 0. The molecule has 0 radical (unpaired) electrons. The molecule has 3 nitrogen and oxygen atoms in total. The Morgan fingerprint density at radius 3 is 2.32 bits per heavy atom. The maximum absolute atomic E-state index is 4.60. The Morgan fingerprint density at radius 1 is 0.737 bits per heavy atom. The first-order valence-electron chi connectivity index (χ1n) is 6.11. The molecule has 92 valence electrons. The average Bonchev–Trinajstić information content (AvgIpc) is 2.49. The lowest BCUT2D eigenvalue weighted by molar-refractivity contribution is 1.28. The van der Waals surface area contributed by atoms with Gasteiger partial charge in [0.15, 0.2) is 0 Å². The molecule has 0 aliphatic rings. The minimum atomic E-state index is 0.834. The molecule has 1 aromatic carbocycles. The second-order valence-corrected chi connectivity index (χ2v) is 4.13. The second kappa shape index (κ2) is 5.31. The molecule has 0 saturated carbocycles. The van der Waals surface area contributed by atoms with Crippen molar-refractivity contribution in [1.29, 1.82) is 0 Å². The van der Waals surface area contributed by atoms with Crippen LogP contribution in [0.4, 0.5) is 11.5 Å². The van der Waals surface area contributed by atoms with Crippen LogP contribution in [0.5, 0.6) is 0 Å². The molecule has 1 N–H and O–H groups in total. The molecule has 0 atom stereocenters. The summed E-state index contributed by atoms with van der Waals surface area (Å²) in [5.74, 6) is 0.834. The monoisotopic (exact) mass is 247 g/mol. The molecule has 0 unspecified atom stereocenters. The predicted molar refractivity (Wildman–Crippen MR) is 77.2 cm³/mol. The van der Waals surface area contributed by atoms with Crippen molar-refractivity contribution >= 4 is 11.5 Å². The summed E-state index contributed by atoms with van der Waals surface area (Å²) in [4.78, 5) is 8.62. The van der Waals surface area contributed by atoms with Crippen LogP contribution in [0.1, 0.15) is 0 Å². The van der Waals surface area contributed by atoms with E-state index in [9.17, 15) is 0 Å². The van der Waals surface area contributed by atoms with Gasteiger partial charge in [-0.25, -0.2) is 4.98 Å². The van der Waals surface area contributed by atoms with Crippen molar-refractivity contribution in [1.82, 2.24) is 9.97 Å². The molecule has 0 amide bonds. The molecular weight excluding hydrogens is 234 g/mol. The van der Waals surface area contributed by atoms with Gasteiger partial charge in [0.1, 0.15) is 5.82 Å². The van der Waals surface area contributed by atoms with Crippen LogP contribution in [0.3, 0.4) is 0 Å². The number of rotatable bonds is 3. The van der Waals surface area contributed by atoms with Crippen molar-refractivity contribution in [2.75, 3.05) is 5.32 Å². The smallest absolute Gasteiger partial charge is 0.131 e. The van der Waals surface area contributed by atoms with E-state index in [2.05, 4.69) is 15.3 Å². The van der Waals surface area contributed by atoms with Crippen LogP contribution in [0.2, 0.25) is 0 Å². The van der Waals surface area contributed by atoms with Crippen LogP contribution in [0.25, 0.3) is 11.3 Å². The van der Waals surface area contributed by atoms with E-state index < -0.39 is 0 Å². The fraction of sp³-hybridized carbons (Fsp3) is 0. The average molecular weight is 247 g/mol. The summed E-state index contributed by atoms with van der Waals surface area (Å²) in [5, 5.41) is 3.29. The number of nitrogens with one attached hydrogen (secondary N) is 1. The molecular formula is C16H13N3. The zero-order valence-electron chi connectivity index (χ0n) is 10.3. The number of pyridine rings is 2. The summed E-state index contributed by atoms with van der Waals surface area (Å²) < 4.78 is 0. The van der Waals surface area contributed by atoms with E-state index in [-0.39, 0.29) is 0 Å². The third-order valence-corrected chi connectivity index (χ3v) is 2.77. The molecule has 0 fully saturated rings. The van der Waals surface area contributed by atoms with Gasteiger partial charge in [-0.15, -0.1) is 0 Å². The number of anilines is 2. The molecule has 0 aliphatic heterocycles. The van der Waals surface area contributed by atoms with Gasteiger partial charge in [0.2, 0.25) is 0 Å². The number of benzene rings is 1. The van der Waals surface area contributed by atoms with Crippen molar-refractivity contribution in [3.63, 3.8) is 0 Å². The van der Waals surface area contributed by atoms with Gasteiger partial charge in [0.05, 0.1) is 5.69 Å². The fourth-order valence-corrected chi connectivity index (χ4v) is 1.86. The summed E-state index contributed by atoms with van der Waals surface area (Å²) >= 11 is 0. The van der Waals surface area contributed by atoms with Gasteiger partial charge >= 0.3 is 0 Å². The number of hydrogen-bond acceptors (Lipinski definition) is 3. The van der Waals surface area contributed by atoms with E-state index in [0.717, 1.165) is 22.8 Å². The van der Waals surface area contributed by atoms with Gasteiger partial charge in [-0.05, 0) is 36.4 Å². The lowest BCUT2D eigenvalue weighted by Crippen LogP contribution is -1.94. The summed E-state index contributed by atoms with van der Waals surface area (Å²) in [6, 6.07) is 19.9. The van der Waals surface area contributed by atoms with E-state index in [1.165, 1.54) is 0 Å². The quantitative estimate of drug-likeness (QED) is 0.763. The number of aromatic nitrogens is 2. The van der Waals surface area contributed by atoms with Crippen LogP contribution < -0.4 is 5.32 Å². The third kappa shape index (κ3) is 2.77. The van der Waals surface area contributed by atoms with E-state index in [1.807, 2.05) is 60.7 Å². The molecule has 0 spiro atoms. The Balaban J connectivity index is 1.89. The Kier molecular flexibility index (Phi) is 3.19. The molecule has 3 rings (SSSR count). The zero-order chi connectivity index (χ0) is 12.9. The van der Waals surface area contributed by atoms with Gasteiger partial charge in [-0.2, -0.15) is 0 Å². The van der Waals surface area contributed by atoms with Gasteiger partial charge in [-0.1, -0.05) is 24.3 Å². The highest BCUT2D eigenvalue weighted by Gasteiger charge is 2.00. The fourth-order valence-electron chi connectivity index (χ4n) is 1.86. The van der Waals surface area contributed by atoms with Crippen LogP contribution in [-0.2, 0) is 0 Å². The van der Waals surface area contributed by atoms with Gasteiger partial charge < -0.3 is 5.32 Å². The van der Waals surface area contributed by atoms with E-state index in [1.54, 1.807) is 12.4 Å². The summed E-state index contributed by atoms with van der Waals surface area (Å²) in [7, 11) is 0. The van der Waals surface area contributed by atoms with Crippen molar-refractivity contribution in [3.05, 3.63) is 73.1 Å². The third-order valence-electron chi connectivity index (χ3n) is 2.77. The maximum Gasteiger partial charge on any atom is 0.131 e. The molecule has 0 bridgehead atoms. The highest BCUT2D eigenvalue weighted by Crippen LogP contribution is 2.20. The van der Waals surface area contributed by atoms with Crippen molar-refractivity contribution in [2.24, 2.45) is 0 Å². The molecule has 0 aliphatic carbocycles. The Labute approximate surface area is 112 Å². The highest BCUT2D eigenvalue weighted by molar-refractivity contribution is 5.63. The predicted octanol–water partition coefficient (Wildman–Crippen LogP) is 3.89. The van der Waals surface area contributed by atoms with Gasteiger partial charge in [0, 0.05) is 23.6 Å². The normalized spacial score (nSPS) is 10.1. The van der Waals surface area contributed by atoms with Crippen LogP contribution >= 0.6 is 0 Å². The lowest BCUT2D eigenvalue weighted by atomic mass is 10.2. The van der Waals surface area contributed by atoms with Crippen molar-refractivity contribution < 1.29 is 0 Å². The molecule has 0 saturated heterocycles. The standard InChI is InChI=1S/C16H13N3/c1-2-5-14(6-3-1)18-16-8-4-7-15(19-16)13-9-11-17-12-10-13/h1-12H,(H,18,19). The first-order valence-corrected chi connectivity index (χ1v) is 6.11. The van der Waals surface area contributed by atoms with Crippen LogP contribution in [-0.4, -0.2) is 9.97 Å². The number of hydrogen-bond donors (Lipinski definition) is 1. The minimum absolute atomic E-state index is 0.834. The SMILES string of the molecule is c1ccc(Nc2cccc(-c3ccncc3)n2)cc1. The largest absolute Gasteiger partial charge is 0.340 e. The minimum Gasteiger partial charge on any atom is -0.340 e. The van der Waals surface area contributed by atoms with Crippen LogP contribution in [0, 0.1) is 0 Å². The Hall–Kier alpha value is -2.68. The molecule has 19 heavy (non-hydrogen) atoms. The van der Waals surface area contributed by atoms with Crippen molar-refractivity contribution in [3.8, 4) is 11.3 Å². The maximum atomic E-state index is 4.60. The van der Waals surface area contributed by atoms with E-state index in [0.29, 0.717) is 0 Å². The molecule has 2 heterocycles. The first kappa shape index (κ1) is 11.4. The van der Waals surface area contributed by atoms with Crippen LogP contribution in [0.15, 0.2) is 73.1 Å². The van der Waals surface area contributed by atoms with E-state index >= 15 is 0 Å². The summed E-state index contributed by atoms with van der Waals surface area (Å²) in [5.41, 5.74) is 3.02. The van der Waals surface area contributed by atoms with Gasteiger partial charge in [0.25, 0.3) is 0 Å². The second-order valence-electron chi connectivity index (χ2n) is 4.13. The number of para-hydroxylation sites is 1. The first-order chi connectivity index (χ1) is 9.42. The summed E-state index contributed by atoms with van der Waals surface area (Å²) in [6.07, 6.45) is 3.54. The zero-order valence-corrected chi connectivity index (χ0v) is 10.3. The van der Waals surface area contributed by atoms with E-state index in [4.69, 9.17) is 0 Å². The molecule has 3 aromatic rings. The molecule has 2 aromatic heterocycles. The topological polar surface area (TPSA) is 37.8 Å². The molecule has 3 heteroatoms. The lowest BCUT2D eigenvalue weighted by Gasteiger charge is -2.07. The highest BCUT2D eigenvalue weighted by atomic mass is 15.0. The van der Waals surface area contributed by atoms with Crippen molar-refractivity contribution in [2.45, 2.75) is 0 Å². The Bertz CT molecular complexity index is 651.